The molecule has 0 radical (unpaired) electrons. The number of rotatable bonds is 5. The van der Waals surface area contributed by atoms with Gasteiger partial charge in [0.15, 0.2) is 11.0 Å². The number of thioether (sulfide) groups is 1. The summed E-state index contributed by atoms with van der Waals surface area (Å²) in [6.07, 6.45) is 0. The van der Waals surface area contributed by atoms with Gasteiger partial charge in [-0.15, -0.1) is 21.5 Å². The summed E-state index contributed by atoms with van der Waals surface area (Å²) in [6, 6.07) is 11.9. The van der Waals surface area contributed by atoms with Crippen molar-refractivity contribution in [1.29, 1.82) is 0 Å². The molecule has 0 bridgehead atoms. The number of hydrogen-bond acceptors (Lipinski definition) is 6. The van der Waals surface area contributed by atoms with E-state index in [1.807, 2.05) is 13.8 Å². The van der Waals surface area contributed by atoms with E-state index in [0.717, 1.165) is 10.4 Å². The topological polar surface area (TPSA) is 76.5 Å². The summed E-state index contributed by atoms with van der Waals surface area (Å²) >= 11 is 2.83. The number of aromatic nitrogens is 5. The lowest BCUT2D eigenvalue weighted by Crippen LogP contribution is -2.11. The third-order valence-electron chi connectivity index (χ3n) is 5.25. The normalized spacial score (nSPS) is 11.4. The highest BCUT2D eigenvalue weighted by molar-refractivity contribution is 7.98. The first-order valence-corrected chi connectivity index (χ1v) is 11.8. The minimum atomic E-state index is -0.360. The molecule has 0 saturated heterocycles. The Labute approximate surface area is 195 Å². The number of nitrogens with zero attached hydrogens (tertiary/aromatic N) is 4. The van der Waals surface area contributed by atoms with Crippen LogP contribution in [0.3, 0.4) is 0 Å². The molecule has 6 nitrogen and oxygen atoms in total. The molecular weight excluding hydrogens is 464 g/mol. The van der Waals surface area contributed by atoms with Gasteiger partial charge in [0.2, 0.25) is 0 Å². The maximum atomic E-state index is 13.5. The summed E-state index contributed by atoms with van der Waals surface area (Å²) in [5.41, 5.74) is 2.11. The van der Waals surface area contributed by atoms with E-state index in [4.69, 9.17) is 0 Å². The van der Waals surface area contributed by atoms with Gasteiger partial charge in [0, 0.05) is 16.1 Å². The second kappa shape index (κ2) is 8.53. The Balaban J connectivity index is 1.53. The second-order valence-electron chi connectivity index (χ2n) is 7.39. The van der Waals surface area contributed by atoms with Crippen molar-refractivity contribution in [1.82, 2.24) is 24.7 Å². The Morgan fingerprint density at radius 1 is 1.00 bits per heavy atom. The van der Waals surface area contributed by atoms with Crippen molar-refractivity contribution in [3.8, 4) is 17.1 Å². The summed E-state index contributed by atoms with van der Waals surface area (Å²) in [5, 5.41) is 9.75. The van der Waals surface area contributed by atoms with Crippen molar-refractivity contribution in [3.63, 3.8) is 0 Å². The molecule has 33 heavy (non-hydrogen) atoms. The fraction of sp³-hybridized carbons (Fsp3) is 0.130. The molecule has 3 heterocycles. The van der Waals surface area contributed by atoms with Crippen LogP contribution in [0.1, 0.15) is 16.3 Å². The molecule has 166 valence electrons. The number of aryl methyl sites for hydroxylation is 2. The van der Waals surface area contributed by atoms with Crippen molar-refractivity contribution in [3.05, 3.63) is 86.8 Å². The minimum Gasteiger partial charge on any atom is -0.309 e. The second-order valence-corrected chi connectivity index (χ2v) is 9.54. The van der Waals surface area contributed by atoms with E-state index < -0.39 is 0 Å². The molecule has 5 aromatic rings. The summed E-state index contributed by atoms with van der Waals surface area (Å²) < 4.78 is 28.7. The Morgan fingerprint density at radius 3 is 2.36 bits per heavy atom. The summed E-state index contributed by atoms with van der Waals surface area (Å²) in [4.78, 5) is 21.8. The molecule has 10 heteroatoms. The molecule has 0 spiro atoms. The van der Waals surface area contributed by atoms with E-state index in [9.17, 15) is 13.6 Å². The quantitative estimate of drug-likeness (QED) is 0.339. The Kier molecular flexibility index (Phi) is 5.55. The number of fused-ring (bicyclic) bond motifs is 1. The number of halogens is 2. The number of aromatic amines is 1. The van der Waals surface area contributed by atoms with Gasteiger partial charge < -0.3 is 4.98 Å². The molecule has 0 aliphatic rings. The number of thiophene rings is 1. The van der Waals surface area contributed by atoms with E-state index in [-0.39, 0.29) is 17.2 Å². The van der Waals surface area contributed by atoms with E-state index >= 15 is 0 Å². The lowest BCUT2D eigenvalue weighted by atomic mass is 10.2. The fourth-order valence-electron chi connectivity index (χ4n) is 3.47. The average Bonchev–Trinajstić information content (AvgIpc) is 3.34. The molecule has 0 unspecified atom stereocenters. The van der Waals surface area contributed by atoms with Gasteiger partial charge in [-0.3, -0.25) is 9.36 Å². The number of benzene rings is 2. The van der Waals surface area contributed by atoms with E-state index in [2.05, 4.69) is 20.2 Å². The molecule has 3 aromatic heterocycles. The Morgan fingerprint density at radius 2 is 1.67 bits per heavy atom. The molecule has 0 atom stereocenters. The first-order valence-electron chi connectivity index (χ1n) is 9.99. The van der Waals surface area contributed by atoms with Crippen LogP contribution in [0, 0.1) is 25.5 Å². The van der Waals surface area contributed by atoms with E-state index in [1.165, 1.54) is 47.4 Å². The molecule has 0 fully saturated rings. The van der Waals surface area contributed by atoms with Crippen molar-refractivity contribution in [2.24, 2.45) is 0 Å². The zero-order valence-electron chi connectivity index (χ0n) is 17.6. The lowest BCUT2D eigenvalue weighted by molar-refractivity contribution is 0.626. The number of H-pyrrole nitrogens is 1. The van der Waals surface area contributed by atoms with Crippen LogP contribution >= 0.6 is 23.1 Å². The van der Waals surface area contributed by atoms with Gasteiger partial charge in [0.1, 0.15) is 22.3 Å². The van der Waals surface area contributed by atoms with Crippen LogP contribution < -0.4 is 5.56 Å². The largest absolute Gasteiger partial charge is 0.309 e. The van der Waals surface area contributed by atoms with Gasteiger partial charge >= 0.3 is 0 Å². The van der Waals surface area contributed by atoms with Crippen LogP contribution in [0.25, 0.3) is 27.3 Å². The SMILES string of the molecule is Cc1sc2nc(CSc3nnc(-c4ccc(F)cc4)n3-c3ccc(F)cc3)[nH]c(=O)c2c1C. The van der Waals surface area contributed by atoms with E-state index in [0.29, 0.717) is 44.0 Å². The van der Waals surface area contributed by atoms with Crippen LogP contribution in [-0.2, 0) is 5.75 Å². The van der Waals surface area contributed by atoms with Crippen LogP contribution in [-0.4, -0.2) is 24.7 Å². The van der Waals surface area contributed by atoms with Crippen LogP contribution in [0.5, 0.6) is 0 Å². The van der Waals surface area contributed by atoms with Crippen molar-refractivity contribution < 1.29 is 8.78 Å². The first-order chi connectivity index (χ1) is 15.9. The highest BCUT2D eigenvalue weighted by Gasteiger charge is 2.18. The Bertz CT molecular complexity index is 1520. The Hall–Kier alpha value is -3.37. The maximum absolute atomic E-state index is 13.5. The van der Waals surface area contributed by atoms with Gasteiger partial charge in [0.05, 0.1) is 11.1 Å². The first kappa shape index (κ1) is 21.5. The van der Waals surface area contributed by atoms with Crippen LogP contribution in [0.4, 0.5) is 8.78 Å². The number of nitrogens with one attached hydrogen (secondary N) is 1. The molecule has 0 aliphatic carbocycles. The minimum absolute atomic E-state index is 0.163. The van der Waals surface area contributed by atoms with Gasteiger partial charge in [-0.05, 0) is 67.9 Å². The molecule has 0 amide bonds. The van der Waals surface area contributed by atoms with Crippen molar-refractivity contribution in [2.75, 3.05) is 0 Å². The zero-order valence-corrected chi connectivity index (χ0v) is 19.2. The van der Waals surface area contributed by atoms with Crippen molar-refractivity contribution in [2.45, 2.75) is 24.8 Å². The third kappa shape index (κ3) is 4.07. The predicted molar refractivity (Wildman–Crippen MR) is 126 cm³/mol. The van der Waals surface area contributed by atoms with Crippen LogP contribution in [0.15, 0.2) is 58.5 Å². The summed E-state index contributed by atoms with van der Waals surface area (Å²) in [6.45, 7) is 3.89. The zero-order chi connectivity index (χ0) is 23.1. The fourth-order valence-corrected chi connectivity index (χ4v) is 5.34. The van der Waals surface area contributed by atoms with E-state index in [1.54, 1.807) is 28.8 Å². The monoisotopic (exact) mass is 481 g/mol. The standard InChI is InChI=1S/C23H17F2N5OS2/c1-12-13(2)33-22-19(12)21(31)26-18(27-22)11-32-23-29-28-20(14-3-5-15(24)6-4-14)30(23)17-9-7-16(25)8-10-17/h3-10H,11H2,1-2H3,(H,26,27,31). The predicted octanol–water partition coefficient (Wildman–Crippen LogP) is 5.42. The van der Waals surface area contributed by atoms with Gasteiger partial charge in [0.25, 0.3) is 5.56 Å². The molecular formula is C23H17F2N5OS2. The van der Waals surface area contributed by atoms with Gasteiger partial charge in [-0.1, -0.05) is 11.8 Å². The lowest BCUT2D eigenvalue weighted by Gasteiger charge is -2.10. The molecule has 0 saturated carbocycles. The number of hydrogen-bond donors (Lipinski definition) is 1. The average molecular weight is 482 g/mol. The van der Waals surface area contributed by atoms with Gasteiger partial charge in [-0.2, -0.15) is 0 Å². The van der Waals surface area contributed by atoms with Gasteiger partial charge in [-0.25, -0.2) is 13.8 Å². The molecule has 5 rings (SSSR count). The molecule has 0 aliphatic heterocycles. The third-order valence-corrected chi connectivity index (χ3v) is 7.29. The highest BCUT2D eigenvalue weighted by Crippen LogP contribution is 2.30. The van der Waals surface area contributed by atoms with Crippen LogP contribution in [0.2, 0.25) is 0 Å². The molecule has 2 aromatic carbocycles. The summed E-state index contributed by atoms with van der Waals surface area (Å²) in [5.74, 6) is 0.650. The maximum Gasteiger partial charge on any atom is 0.259 e. The summed E-state index contributed by atoms with van der Waals surface area (Å²) in [7, 11) is 0. The highest BCUT2D eigenvalue weighted by atomic mass is 32.2. The smallest absolute Gasteiger partial charge is 0.259 e. The molecule has 1 N–H and O–H groups in total. The van der Waals surface area contributed by atoms with Crippen molar-refractivity contribution >= 4 is 33.3 Å².